The minimum Gasteiger partial charge on any atom is -0.296 e. The second-order valence-electron chi connectivity index (χ2n) is 4.98. The topological polar surface area (TPSA) is 54.9 Å². The lowest BCUT2D eigenvalue weighted by molar-refractivity contribution is -0.138. The third-order valence-electron chi connectivity index (χ3n) is 3.36. The molecule has 118 valence electrons. The van der Waals surface area contributed by atoms with Gasteiger partial charge in [0.05, 0.1) is 4.88 Å². The number of aromatic nitrogens is 2. The Kier molecular flexibility index (Phi) is 4.18. The first kappa shape index (κ1) is 15.4. The lowest BCUT2D eigenvalue weighted by Crippen LogP contribution is -2.09. The number of nitrogens with one attached hydrogen (secondary N) is 1. The highest BCUT2D eigenvalue weighted by Gasteiger charge is 2.35. The highest BCUT2D eigenvalue weighted by atomic mass is 32.1. The number of thiophene rings is 1. The van der Waals surface area contributed by atoms with E-state index in [0.29, 0.717) is 16.2 Å². The van der Waals surface area contributed by atoms with Crippen molar-refractivity contribution in [1.82, 2.24) is 10.2 Å². The molecule has 0 aliphatic heterocycles. The van der Waals surface area contributed by atoms with Crippen molar-refractivity contribution < 1.29 is 18.0 Å². The fourth-order valence-corrected chi connectivity index (χ4v) is 4.08. The smallest absolute Gasteiger partial charge is 0.296 e. The van der Waals surface area contributed by atoms with Crippen LogP contribution in [0.2, 0.25) is 0 Å². The van der Waals surface area contributed by atoms with Gasteiger partial charge in [-0.3, -0.25) is 10.1 Å². The van der Waals surface area contributed by atoms with Crippen molar-refractivity contribution in [2.24, 2.45) is 0 Å². The Morgan fingerprint density at radius 1 is 1.14 bits per heavy atom. The van der Waals surface area contributed by atoms with E-state index in [-0.39, 0.29) is 5.13 Å². The maximum atomic E-state index is 12.5. The third-order valence-corrected chi connectivity index (χ3v) is 5.48. The van der Waals surface area contributed by atoms with Gasteiger partial charge in [0.25, 0.3) is 5.91 Å². The van der Waals surface area contributed by atoms with E-state index in [2.05, 4.69) is 15.5 Å². The lowest BCUT2D eigenvalue weighted by atomic mass is 10.1. The molecular formula is C13H12F3N3OS2. The monoisotopic (exact) mass is 347 g/mol. The van der Waals surface area contributed by atoms with Gasteiger partial charge >= 0.3 is 6.18 Å². The van der Waals surface area contributed by atoms with Crippen LogP contribution < -0.4 is 5.32 Å². The van der Waals surface area contributed by atoms with Gasteiger partial charge in [0.1, 0.15) is 0 Å². The molecule has 9 heteroatoms. The first-order chi connectivity index (χ1) is 10.4. The third kappa shape index (κ3) is 3.30. The predicted octanol–water partition coefficient (Wildman–Crippen LogP) is 4.14. The van der Waals surface area contributed by atoms with Crippen LogP contribution in [0.1, 0.15) is 44.4 Å². The summed E-state index contributed by atoms with van der Waals surface area (Å²) in [5.74, 6) is -0.428. The van der Waals surface area contributed by atoms with E-state index >= 15 is 0 Å². The van der Waals surface area contributed by atoms with E-state index in [0.717, 1.165) is 25.7 Å². The van der Waals surface area contributed by atoms with Crippen molar-refractivity contribution in [1.29, 1.82) is 0 Å². The SMILES string of the molecule is O=C(Nc1nnc(C(F)(F)F)s1)c1cc2c(s1)CCCCC2. The largest absolute Gasteiger partial charge is 0.445 e. The number of rotatable bonds is 2. The van der Waals surface area contributed by atoms with Crippen LogP contribution in [0.3, 0.4) is 0 Å². The zero-order valence-electron chi connectivity index (χ0n) is 11.4. The fourth-order valence-electron chi connectivity index (χ4n) is 2.33. The number of aryl methyl sites for hydroxylation is 2. The van der Waals surface area contributed by atoms with Crippen LogP contribution in [0, 0.1) is 0 Å². The minimum absolute atomic E-state index is 0.138. The first-order valence-electron chi connectivity index (χ1n) is 6.77. The van der Waals surface area contributed by atoms with E-state index in [1.54, 1.807) is 0 Å². The van der Waals surface area contributed by atoms with Crippen LogP contribution in [0.5, 0.6) is 0 Å². The van der Waals surface area contributed by atoms with Gasteiger partial charge in [-0.25, -0.2) is 0 Å². The molecule has 4 nitrogen and oxygen atoms in total. The van der Waals surface area contributed by atoms with E-state index in [1.165, 1.54) is 28.2 Å². The van der Waals surface area contributed by atoms with Gasteiger partial charge in [-0.2, -0.15) is 13.2 Å². The summed E-state index contributed by atoms with van der Waals surface area (Å²) in [6.45, 7) is 0. The number of alkyl halides is 3. The molecule has 0 saturated heterocycles. The van der Waals surface area contributed by atoms with Gasteiger partial charge in [-0.05, 0) is 37.3 Å². The molecule has 0 bridgehead atoms. The van der Waals surface area contributed by atoms with E-state index in [4.69, 9.17) is 0 Å². The molecule has 0 fully saturated rings. The van der Waals surface area contributed by atoms with Gasteiger partial charge in [-0.1, -0.05) is 17.8 Å². The molecule has 1 aliphatic rings. The summed E-state index contributed by atoms with van der Waals surface area (Å²) in [5, 5.41) is 7.60. The number of nitrogens with zero attached hydrogens (tertiary/aromatic N) is 2. The van der Waals surface area contributed by atoms with Crippen molar-refractivity contribution in [2.75, 3.05) is 5.32 Å². The molecule has 0 atom stereocenters. The molecule has 0 radical (unpaired) electrons. The molecule has 1 aliphatic carbocycles. The number of amides is 1. The van der Waals surface area contributed by atoms with Crippen LogP contribution in [-0.2, 0) is 19.0 Å². The summed E-state index contributed by atoms with van der Waals surface area (Å²) in [6, 6.07) is 1.84. The molecule has 2 heterocycles. The normalized spacial score (nSPS) is 15.2. The number of anilines is 1. The predicted molar refractivity (Wildman–Crippen MR) is 78.4 cm³/mol. The summed E-state index contributed by atoms with van der Waals surface area (Å²) in [6.07, 6.45) is 0.783. The molecule has 2 aromatic rings. The summed E-state index contributed by atoms with van der Waals surface area (Å²) in [7, 11) is 0. The number of carbonyl (C=O) groups is 1. The maximum absolute atomic E-state index is 12.5. The lowest BCUT2D eigenvalue weighted by Gasteiger charge is -1.99. The van der Waals surface area contributed by atoms with Crippen molar-refractivity contribution >= 4 is 33.7 Å². The minimum atomic E-state index is -4.54. The van der Waals surface area contributed by atoms with Gasteiger partial charge in [0.2, 0.25) is 10.1 Å². The van der Waals surface area contributed by atoms with E-state index < -0.39 is 17.1 Å². The molecular weight excluding hydrogens is 335 g/mol. The Hall–Kier alpha value is -1.48. The van der Waals surface area contributed by atoms with Crippen LogP contribution in [-0.4, -0.2) is 16.1 Å². The molecule has 1 N–H and O–H groups in total. The maximum Gasteiger partial charge on any atom is 0.445 e. The molecule has 2 aromatic heterocycles. The summed E-state index contributed by atoms with van der Waals surface area (Å²) in [5.41, 5.74) is 1.18. The van der Waals surface area contributed by atoms with Gasteiger partial charge in [0, 0.05) is 4.88 Å². The Morgan fingerprint density at radius 2 is 1.91 bits per heavy atom. The zero-order chi connectivity index (χ0) is 15.7. The quantitative estimate of drug-likeness (QED) is 0.831. The summed E-state index contributed by atoms with van der Waals surface area (Å²) < 4.78 is 37.4. The van der Waals surface area contributed by atoms with Crippen molar-refractivity contribution in [3.8, 4) is 0 Å². The van der Waals surface area contributed by atoms with Crippen LogP contribution >= 0.6 is 22.7 Å². The molecule has 0 spiro atoms. The zero-order valence-corrected chi connectivity index (χ0v) is 13.0. The summed E-state index contributed by atoms with van der Waals surface area (Å²) in [4.78, 5) is 13.8. The summed E-state index contributed by atoms with van der Waals surface area (Å²) >= 11 is 1.74. The molecule has 0 saturated carbocycles. The standard InChI is InChI=1S/C13H12F3N3OS2/c14-13(15,16)11-18-19-12(22-11)17-10(20)9-6-7-4-2-1-3-5-8(7)21-9/h6H,1-5H2,(H,17,19,20). The Labute approximate surface area is 132 Å². The van der Waals surface area contributed by atoms with Gasteiger partial charge < -0.3 is 0 Å². The van der Waals surface area contributed by atoms with Crippen LogP contribution in [0.15, 0.2) is 6.07 Å². The van der Waals surface area contributed by atoms with Crippen molar-refractivity contribution in [3.63, 3.8) is 0 Å². The number of carbonyl (C=O) groups excluding carboxylic acids is 1. The van der Waals surface area contributed by atoms with Crippen molar-refractivity contribution in [3.05, 3.63) is 26.4 Å². The first-order valence-corrected chi connectivity index (χ1v) is 8.40. The van der Waals surface area contributed by atoms with Crippen LogP contribution in [0.4, 0.5) is 18.3 Å². The number of hydrogen-bond donors (Lipinski definition) is 1. The Balaban J connectivity index is 1.73. The Bertz CT molecular complexity index is 670. The second kappa shape index (κ2) is 5.96. The van der Waals surface area contributed by atoms with Crippen molar-refractivity contribution in [2.45, 2.75) is 38.3 Å². The number of hydrogen-bond acceptors (Lipinski definition) is 5. The van der Waals surface area contributed by atoms with E-state index in [9.17, 15) is 18.0 Å². The van der Waals surface area contributed by atoms with Gasteiger partial charge in [-0.15, -0.1) is 21.5 Å². The number of halogens is 3. The number of fused-ring (bicyclic) bond motifs is 1. The average Bonchev–Trinajstić information content (AvgIpc) is 3.01. The molecule has 22 heavy (non-hydrogen) atoms. The second-order valence-corrected chi connectivity index (χ2v) is 7.10. The molecule has 1 amide bonds. The van der Waals surface area contributed by atoms with E-state index in [1.807, 2.05) is 6.07 Å². The van der Waals surface area contributed by atoms with Crippen LogP contribution in [0.25, 0.3) is 0 Å². The molecule has 0 aromatic carbocycles. The highest BCUT2D eigenvalue weighted by Crippen LogP contribution is 2.34. The average molecular weight is 347 g/mol. The fraction of sp³-hybridized carbons (Fsp3) is 0.462. The van der Waals surface area contributed by atoms with Gasteiger partial charge in [0.15, 0.2) is 0 Å². The highest BCUT2D eigenvalue weighted by molar-refractivity contribution is 7.16. The molecule has 3 rings (SSSR count). The Morgan fingerprint density at radius 3 is 2.64 bits per heavy atom. The molecule has 0 unspecified atom stereocenters.